The van der Waals surface area contributed by atoms with Crippen molar-refractivity contribution in [2.75, 3.05) is 26.8 Å². The first kappa shape index (κ1) is 36.9. The third-order valence-corrected chi connectivity index (χ3v) is 10.2. The van der Waals surface area contributed by atoms with Gasteiger partial charge in [0.25, 0.3) is 0 Å². The molecule has 3 aromatic heterocycles. The SMILES string of the molecule is C1CCOC1.CCC/C(C(=O)c1nc(OC(C)[C@@H]2CCCN2C)c2c(n1)[nH]c(=O)n2C(C)C)=C(/N)[C@H]1CCCc2s[c-]c(C#N)c21.[V]. The van der Waals surface area contributed by atoms with Gasteiger partial charge in [0.2, 0.25) is 17.5 Å². The third kappa shape index (κ3) is 7.87. The molecule has 0 saturated carbocycles. The summed E-state index contributed by atoms with van der Waals surface area (Å²) in [5.74, 6) is -0.464. The summed E-state index contributed by atoms with van der Waals surface area (Å²) in [4.78, 5) is 42.5. The van der Waals surface area contributed by atoms with Crippen LogP contribution < -0.4 is 16.2 Å². The summed E-state index contributed by atoms with van der Waals surface area (Å²) >= 11 is 1.46. The molecule has 3 aromatic rings. The zero-order chi connectivity index (χ0) is 33.0. The van der Waals surface area contributed by atoms with E-state index in [0.717, 1.165) is 62.3 Å². The Labute approximate surface area is 292 Å². The molecular weight excluding hydrogens is 653 g/mol. The maximum absolute atomic E-state index is 14.1. The smallest absolute Gasteiger partial charge is 0.328 e. The van der Waals surface area contributed by atoms with Crippen molar-refractivity contribution >= 4 is 28.3 Å². The Morgan fingerprint density at radius 3 is 2.55 bits per heavy atom. The molecule has 1 radical (unpaired) electrons. The van der Waals surface area contributed by atoms with E-state index in [1.54, 1.807) is 4.57 Å². The number of nitrogens with zero attached hydrogens (tertiary/aromatic N) is 5. The number of hydrogen-bond donors (Lipinski definition) is 2. The first-order valence-corrected chi connectivity index (χ1v) is 17.4. The molecule has 1 aliphatic carbocycles. The van der Waals surface area contributed by atoms with Crippen LogP contribution >= 0.6 is 11.3 Å². The molecule has 1 unspecified atom stereocenters. The quantitative estimate of drug-likeness (QED) is 0.170. The number of rotatable bonds is 9. The first-order chi connectivity index (χ1) is 22.2. The number of H-pyrrole nitrogens is 1. The van der Waals surface area contributed by atoms with Crippen molar-refractivity contribution in [3.05, 3.63) is 49.0 Å². The van der Waals surface area contributed by atoms with E-state index in [0.29, 0.717) is 35.2 Å². The van der Waals surface area contributed by atoms with E-state index < -0.39 is 0 Å². The van der Waals surface area contributed by atoms with Gasteiger partial charge in [0.1, 0.15) is 6.10 Å². The molecule has 2 aliphatic heterocycles. The molecule has 5 heterocycles. The number of carbonyl (C=O) groups is 1. The average molecular weight is 700 g/mol. The van der Waals surface area contributed by atoms with Gasteiger partial charge >= 0.3 is 5.69 Å². The van der Waals surface area contributed by atoms with E-state index >= 15 is 0 Å². The van der Waals surface area contributed by atoms with E-state index in [9.17, 15) is 14.9 Å². The number of aromatic amines is 1. The molecule has 6 rings (SSSR count). The second-order valence-corrected chi connectivity index (χ2v) is 13.7. The fourth-order valence-electron chi connectivity index (χ4n) is 6.88. The van der Waals surface area contributed by atoms with E-state index in [4.69, 9.17) is 15.2 Å². The number of allylic oxidation sites excluding steroid dienone is 2. The minimum absolute atomic E-state index is 0. The predicted octanol–water partition coefficient (Wildman–Crippen LogP) is 5.41. The Bertz CT molecular complexity index is 1680. The molecule has 2 saturated heterocycles. The Kier molecular flexibility index (Phi) is 12.9. The van der Waals surface area contributed by atoms with Crippen molar-refractivity contribution in [1.29, 1.82) is 5.26 Å². The van der Waals surface area contributed by atoms with Gasteiger partial charge < -0.3 is 15.2 Å². The number of aryl methyl sites for hydroxylation is 1. The summed E-state index contributed by atoms with van der Waals surface area (Å²) in [6.07, 6.45) is 8.11. The molecule has 2 fully saturated rings. The summed E-state index contributed by atoms with van der Waals surface area (Å²) in [5, 5.41) is 12.8. The van der Waals surface area contributed by atoms with Crippen molar-refractivity contribution in [2.45, 2.75) is 110 Å². The van der Waals surface area contributed by atoms with Crippen LogP contribution in [0.2, 0.25) is 0 Å². The van der Waals surface area contributed by atoms with Gasteiger partial charge in [-0.2, -0.15) is 4.98 Å². The molecule has 0 spiro atoms. The number of thiophene rings is 1. The van der Waals surface area contributed by atoms with Crippen molar-refractivity contribution in [2.24, 2.45) is 5.73 Å². The molecule has 0 amide bonds. The molecule has 0 bridgehead atoms. The standard InChI is InChI=1S/C30H38N7O3S.C4H8O.V/c1-6-9-20(24(32)19-10-7-12-22-23(19)18(14-31)15-41-22)26(38)28-33-27-25(37(16(2)3)30(39)35-27)29(34-28)40-17(4)21-11-8-13-36(21)5;1-2-4-5-3-1;/h16-17,19,21H,6-13,32H2,1-5H3,(H,33,34,35,39);1-4H2;/q-1;;/b24-20-;;/t17?,19-,21-;;/m0../s1. The monoisotopic (exact) mass is 699 g/mol. The maximum Gasteiger partial charge on any atom is 0.328 e. The zero-order valence-electron chi connectivity index (χ0n) is 28.1. The molecular formula is C34H46N7O4SV-. The van der Waals surface area contributed by atoms with Crippen LogP contribution in [-0.4, -0.2) is 69.2 Å². The maximum atomic E-state index is 14.1. The average Bonchev–Trinajstić information content (AvgIpc) is 3.86. The van der Waals surface area contributed by atoms with Gasteiger partial charge in [0.05, 0.1) is 0 Å². The van der Waals surface area contributed by atoms with Crippen LogP contribution in [0.4, 0.5) is 0 Å². The van der Waals surface area contributed by atoms with E-state index in [1.165, 1.54) is 24.2 Å². The molecule has 11 nitrogen and oxygen atoms in total. The first-order valence-electron chi connectivity index (χ1n) is 16.6. The Morgan fingerprint density at radius 1 is 1.21 bits per heavy atom. The van der Waals surface area contributed by atoms with Crippen LogP contribution in [0.3, 0.4) is 0 Å². The summed E-state index contributed by atoms with van der Waals surface area (Å²) in [7, 11) is 2.08. The van der Waals surface area contributed by atoms with Gasteiger partial charge in [-0.15, -0.1) is 10.4 Å². The summed E-state index contributed by atoms with van der Waals surface area (Å²) in [6, 6.07) is 2.28. The predicted molar refractivity (Wildman–Crippen MR) is 178 cm³/mol. The summed E-state index contributed by atoms with van der Waals surface area (Å²) in [5.41, 5.74) is 9.49. The number of nitriles is 1. The van der Waals surface area contributed by atoms with Crippen LogP contribution in [0.1, 0.15) is 118 Å². The van der Waals surface area contributed by atoms with Gasteiger partial charge in [-0.1, -0.05) is 43.6 Å². The van der Waals surface area contributed by atoms with E-state index in [2.05, 4.69) is 38.3 Å². The minimum Gasteiger partial charge on any atom is -0.471 e. The Morgan fingerprint density at radius 2 is 1.96 bits per heavy atom. The van der Waals surface area contributed by atoms with Crippen LogP contribution in [0.25, 0.3) is 11.2 Å². The number of carbonyl (C=O) groups excluding carboxylic acids is 1. The number of ketones is 1. The van der Waals surface area contributed by atoms with Crippen molar-refractivity contribution < 1.29 is 32.8 Å². The number of nitrogens with two attached hydrogens (primary N) is 1. The Balaban J connectivity index is 0.000000762. The fraction of sp³-hybridized carbons (Fsp3) is 0.618. The molecule has 253 valence electrons. The van der Waals surface area contributed by atoms with Gasteiger partial charge in [-0.3, -0.25) is 35.8 Å². The van der Waals surface area contributed by atoms with Gasteiger partial charge in [0.15, 0.2) is 11.2 Å². The van der Waals surface area contributed by atoms with Gasteiger partial charge in [0, 0.05) is 55.1 Å². The van der Waals surface area contributed by atoms with Gasteiger partial charge in [-0.05, 0) is 78.5 Å². The topological polar surface area (TPSA) is 152 Å². The number of Topliss-reactive ketones (excluding diaryl/α,β-unsaturated/α-hetero) is 1. The van der Waals surface area contributed by atoms with E-state index in [1.807, 2.05) is 27.7 Å². The fourth-order valence-corrected chi connectivity index (χ4v) is 7.86. The number of hydrogen-bond acceptors (Lipinski definition) is 10. The van der Waals surface area contributed by atoms with Crippen LogP contribution in [-0.2, 0) is 29.7 Å². The van der Waals surface area contributed by atoms with Crippen LogP contribution in [0, 0.1) is 16.7 Å². The molecule has 3 N–H and O–H groups in total. The molecule has 0 aromatic carbocycles. The number of likely N-dealkylation sites (tertiary alicyclic amines) is 1. The van der Waals surface area contributed by atoms with Crippen LogP contribution in [0.15, 0.2) is 16.1 Å². The van der Waals surface area contributed by atoms with E-state index in [-0.39, 0.29) is 71.5 Å². The van der Waals surface area contributed by atoms with Crippen molar-refractivity contribution in [3.63, 3.8) is 0 Å². The zero-order valence-corrected chi connectivity index (χ0v) is 30.3. The molecule has 47 heavy (non-hydrogen) atoms. The molecule has 3 aliphatic rings. The number of ether oxygens (including phenoxy) is 2. The number of aromatic nitrogens is 4. The van der Waals surface area contributed by atoms with Crippen molar-refractivity contribution in [3.8, 4) is 11.9 Å². The molecule has 3 atom stereocenters. The van der Waals surface area contributed by atoms with Crippen LogP contribution in [0.5, 0.6) is 5.88 Å². The minimum atomic E-state index is -0.385. The number of fused-ring (bicyclic) bond motifs is 2. The number of imidazole rings is 1. The van der Waals surface area contributed by atoms with Crippen molar-refractivity contribution in [1.82, 2.24) is 24.4 Å². The second kappa shape index (κ2) is 16.4. The number of nitrogens with one attached hydrogen (secondary N) is 1. The third-order valence-electron chi connectivity index (χ3n) is 9.20. The largest absolute Gasteiger partial charge is 0.471 e. The normalized spacial score (nSPS) is 20.5. The van der Waals surface area contributed by atoms with Gasteiger partial charge in [-0.25, -0.2) is 9.78 Å². The Hall–Kier alpha value is -2.95. The number of likely N-dealkylation sites (N-methyl/N-ethyl adjacent to an activating group) is 1. The molecule has 13 heteroatoms. The summed E-state index contributed by atoms with van der Waals surface area (Å²) in [6.45, 7) is 10.8. The summed E-state index contributed by atoms with van der Waals surface area (Å²) < 4.78 is 13.0. The second-order valence-electron chi connectivity index (χ2n) is 12.8.